The van der Waals surface area contributed by atoms with E-state index in [0.717, 1.165) is 0 Å². The van der Waals surface area contributed by atoms with Crippen LogP contribution in [0.1, 0.15) is 18.2 Å². The van der Waals surface area contributed by atoms with Gasteiger partial charge in [0.25, 0.3) is 0 Å². The second kappa shape index (κ2) is 4.43. The zero-order chi connectivity index (χ0) is 9.19. The van der Waals surface area contributed by atoms with Crippen molar-refractivity contribution >= 4 is 12.4 Å². The Balaban J connectivity index is 0.00000144. The van der Waals surface area contributed by atoms with Crippen LogP contribution in [0.25, 0.3) is 0 Å². The van der Waals surface area contributed by atoms with Crippen molar-refractivity contribution in [2.45, 2.75) is 18.6 Å². The monoisotopic (exact) mass is 216 g/mol. The van der Waals surface area contributed by atoms with Crippen molar-refractivity contribution in [3.8, 4) is 0 Å². The zero-order valence-corrected chi connectivity index (χ0v) is 7.19. The van der Waals surface area contributed by atoms with Gasteiger partial charge in [-0.05, 0) is 0 Å². The van der Waals surface area contributed by atoms with Crippen molar-refractivity contribution in [2.24, 2.45) is 5.73 Å². The van der Waals surface area contributed by atoms with Gasteiger partial charge in [0.05, 0.1) is 18.2 Å². The molecule has 0 aliphatic carbocycles. The summed E-state index contributed by atoms with van der Waals surface area (Å²) in [6, 6.07) is -1.14. The molecule has 0 amide bonds. The molecule has 0 radical (unpaired) electrons. The van der Waals surface area contributed by atoms with Crippen LogP contribution in [0.5, 0.6) is 0 Å². The topological polar surface area (TPSA) is 67.6 Å². The zero-order valence-electron chi connectivity index (χ0n) is 6.38. The molecule has 0 bridgehead atoms. The van der Waals surface area contributed by atoms with Gasteiger partial charge in [-0.3, -0.25) is 5.10 Å². The molecule has 1 rings (SSSR count). The third kappa shape index (κ3) is 4.09. The second-order valence-electron chi connectivity index (χ2n) is 2.32. The molecule has 4 nitrogen and oxygen atoms in total. The van der Waals surface area contributed by atoms with Crippen molar-refractivity contribution in [2.75, 3.05) is 0 Å². The molecule has 1 aromatic heterocycles. The van der Waals surface area contributed by atoms with Gasteiger partial charge in [-0.25, -0.2) is 0 Å². The number of hydrogen-bond donors (Lipinski definition) is 2. The number of aromatic nitrogens is 3. The fourth-order valence-corrected chi connectivity index (χ4v) is 0.746. The quantitative estimate of drug-likeness (QED) is 0.780. The molecule has 1 aromatic rings. The molecule has 0 saturated heterocycles. The number of nitrogens with zero attached hydrogens (tertiary/aromatic N) is 2. The van der Waals surface area contributed by atoms with Gasteiger partial charge in [0.1, 0.15) is 0 Å². The Kier molecular flexibility index (Phi) is 4.15. The highest BCUT2D eigenvalue weighted by Crippen LogP contribution is 2.26. The number of halogens is 4. The maximum Gasteiger partial charge on any atom is 0.390 e. The van der Waals surface area contributed by atoms with Crippen molar-refractivity contribution in [3.05, 3.63) is 11.9 Å². The summed E-state index contributed by atoms with van der Waals surface area (Å²) in [5.41, 5.74) is 5.30. The summed E-state index contributed by atoms with van der Waals surface area (Å²) in [5.74, 6) is 0. The summed E-state index contributed by atoms with van der Waals surface area (Å²) in [6.45, 7) is 0. The number of H-pyrrole nitrogens is 1. The summed E-state index contributed by atoms with van der Waals surface area (Å²) >= 11 is 0. The maximum atomic E-state index is 11.8. The molecule has 0 saturated carbocycles. The van der Waals surface area contributed by atoms with E-state index in [1.807, 2.05) is 0 Å². The van der Waals surface area contributed by atoms with Gasteiger partial charge >= 0.3 is 6.18 Å². The van der Waals surface area contributed by atoms with Gasteiger partial charge in [0.15, 0.2) is 0 Å². The number of nitrogens with two attached hydrogens (primary N) is 1. The highest BCUT2D eigenvalue weighted by molar-refractivity contribution is 5.85. The number of hydrogen-bond acceptors (Lipinski definition) is 3. The van der Waals surface area contributed by atoms with E-state index < -0.39 is 18.6 Å². The lowest BCUT2D eigenvalue weighted by Gasteiger charge is -2.10. The lowest BCUT2D eigenvalue weighted by molar-refractivity contribution is -0.138. The van der Waals surface area contributed by atoms with Crippen LogP contribution in [0.15, 0.2) is 6.20 Å². The summed E-state index contributed by atoms with van der Waals surface area (Å²) in [6.07, 6.45) is -4.10. The average molecular weight is 217 g/mol. The SMILES string of the molecule is Cl.NC(CC(F)(F)F)c1c[nH]nn1. The van der Waals surface area contributed by atoms with Gasteiger partial charge < -0.3 is 5.73 Å². The molecule has 76 valence electrons. The highest BCUT2D eigenvalue weighted by Gasteiger charge is 2.31. The van der Waals surface area contributed by atoms with E-state index in [1.54, 1.807) is 0 Å². The fraction of sp³-hybridized carbons (Fsp3) is 0.600. The molecular formula is C5H8ClF3N4. The molecule has 13 heavy (non-hydrogen) atoms. The van der Waals surface area contributed by atoms with Gasteiger partial charge in [-0.2, -0.15) is 13.2 Å². The van der Waals surface area contributed by atoms with Gasteiger partial charge in [0, 0.05) is 6.20 Å². The van der Waals surface area contributed by atoms with Crippen molar-refractivity contribution in [1.29, 1.82) is 0 Å². The minimum atomic E-state index is -4.27. The largest absolute Gasteiger partial charge is 0.390 e. The van der Waals surface area contributed by atoms with Crippen LogP contribution in [0.4, 0.5) is 13.2 Å². The number of aromatic amines is 1. The Labute approximate surface area is 78.1 Å². The molecule has 0 spiro atoms. The standard InChI is InChI=1S/C5H7F3N4.ClH/c6-5(7,8)1-3(9)4-2-10-12-11-4;/h2-3H,1,9H2,(H,10,11,12);1H. The first kappa shape index (κ1) is 12.2. The predicted octanol–water partition coefficient (Wildman–Crippen LogP) is 1.18. The van der Waals surface area contributed by atoms with E-state index in [4.69, 9.17) is 5.73 Å². The van der Waals surface area contributed by atoms with Crippen molar-refractivity contribution in [3.63, 3.8) is 0 Å². The highest BCUT2D eigenvalue weighted by atomic mass is 35.5. The molecule has 3 N–H and O–H groups in total. The first-order valence-corrected chi connectivity index (χ1v) is 3.18. The lowest BCUT2D eigenvalue weighted by atomic mass is 10.1. The van der Waals surface area contributed by atoms with E-state index in [0.29, 0.717) is 0 Å². The number of rotatable bonds is 2. The van der Waals surface area contributed by atoms with E-state index in [9.17, 15) is 13.2 Å². The minimum absolute atomic E-state index is 0. The smallest absolute Gasteiger partial charge is 0.322 e. The van der Waals surface area contributed by atoms with Crippen molar-refractivity contribution < 1.29 is 13.2 Å². The molecule has 8 heteroatoms. The maximum absolute atomic E-state index is 11.8. The fourth-order valence-electron chi connectivity index (χ4n) is 0.746. The van der Waals surface area contributed by atoms with Crippen LogP contribution in [0, 0.1) is 0 Å². The molecular weight excluding hydrogens is 209 g/mol. The molecule has 0 aliphatic heterocycles. The Morgan fingerprint density at radius 2 is 2.15 bits per heavy atom. The van der Waals surface area contributed by atoms with Crippen LogP contribution >= 0.6 is 12.4 Å². The molecule has 1 unspecified atom stereocenters. The minimum Gasteiger partial charge on any atom is -0.322 e. The van der Waals surface area contributed by atoms with Gasteiger partial charge in [-0.1, -0.05) is 5.21 Å². The van der Waals surface area contributed by atoms with E-state index >= 15 is 0 Å². The number of alkyl halides is 3. The molecule has 0 aromatic carbocycles. The van der Waals surface area contributed by atoms with Gasteiger partial charge in [-0.15, -0.1) is 17.5 Å². The summed E-state index contributed by atoms with van der Waals surface area (Å²) in [5, 5.41) is 8.91. The molecule has 1 heterocycles. The van der Waals surface area contributed by atoms with Crippen LogP contribution in [-0.2, 0) is 0 Å². The summed E-state index contributed by atoms with van der Waals surface area (Å²) < 4.78 is 35.3. The Bertz CT molecular complexity index is 234. The molecule has 1 atom stereocenters. The van der Waals surface area contributed by atoms with E-state index in [-0.39, 0.29) is 18.1 Å². The van der Waals surface area contributed by atoms with Gasteiger partial charge in [0.2, 0.25) is 0 Å². The molecule has 0 aliphatic rings. The Hall–Kier alpha value is -0.820. The second-order valence-corrected chi connectivity index (χ2v) is 2.32. The third-order valence-corrected chi connectivity index (χ3v) is 1.27. The Morgan fingerprint density at radius 3 is 2.54 bits per heavy atom. The van der Waals surface area contributed by atoms with Crippen LogP contribution in [-0.4, -0.2) is 21.6 Å². The first-order chi connectivity index (χ1) is 5.49. The summed E-state index contributed by atoms with van der Waals surface area (Å²) in [4.78, 5) is 0. The van der Waals surface area contributed by atoms with Crippen LogP contribution < -0.4 is 5.73 Å². The van der Waals surface area contributed by atoms with E-state index in [1.165, 1.54) is 6.20 Å². The normalized spacial score (nSPS) is 13.5. The average Bonchev–Trinajstić information content (AvgIpc) is 2.32. The van der Waals surface area contributed by atoms with Crippen molar-refractivity contribution in [1.82, 2.24) is 15.4 Å². The third-order valence-electron chi connectivity index (χ3n) is 1.27. The van der Waals surface area contributed by atoms with Crippen LogP contribution in [0.2, 0.25) is 0 Å². The van der Waals surface area contributed by atoms with Crippen LogP contribution in [0.3, 0.4) is 0 Å². The Morgan fingerprint density at radius 1 is 1.54 bits per heavy atom. The van der Waals surface area contributed by atoms with E-state index in [2.05, 4.69) is 15.4 Å². The molecule has 0 fully saturated rings. The first-order valence-electron chi connectivity index (χ1n) is 3.18. The summed E-state index contributed by atoms with van der Waals surface area (Å²) in [7, 11) is 0. The number of nitrogens with one attached hydrogen (secondary N) is 1. The predicted molar refractivity (Wildman–Crippen MR) is 41.2 cm³/mol. The lowest BCUT2D eigenvalue weighted by Crippen LogP contribution is -2.20.